The highest BCUT2D eigenvalue weighted by molar-refractivity contribution is 5.81. The second-order valence-corrected chi connectivity index (χ2v) is 2.34. The molecule has 0 unspecified atom stereocenters. The van der Waals surface area contributed by atoms with Gasteiger partial charge < -0.3 is 9.47 Å². The van der Waals surface area contributed by atoms with Crippen LogP contribution in [0.15, 0.2) is 12.7 Å². The number of hydrogen-bond acceptors (Lipinski definition) is 3. The summed E-state index contributed by atoms with van der Waals surface area (Å²) in [6, 6.07) is 0. The van der Waals surface area contributed by atoms with E-state index in [1.54, 1.807) is 0 Å². The Balaban J connectivity index is 3.00. The van der Waals surface area contributed by atoms with Gasteiger partial charge in [-0.3, -0.25) is 0 Å². The van der Waals surface area contributed by atoms with Crippen LogP contribution >= 0.6 is 0 Å². The van der Waals surface area contributed by atoms with Crippen LogP contribution in [0.3, 0.4) is 0 Å². The minimum atomic E-state index is -0.370. The Morgan fingerprint density at radius 3 is 2.75 bits per heavy atom. The fraction of sp³-hybridized carbons (Fsp3) is 0.667. The highest BCUT2D eigenvalue weighted by Gasteiger charge is 1.94. The fourth-order valence-electron chi connectivity index (χ4n) is 0.639. The molecule has 12 heavy (non-hydrogen) atoms. The molecule has 70 valence electrons. The first-order valence-electron chi connectivity index (χ1n) is 4.18. The molecule has 3 nitrogen and oxygen atoms in total. The molecule has 0 saturated heterocycles. The van der Waals surface area contributed by atoms with Crippen molar-refractivity contribution in [3.8, 4) is 0 Å². The number of carbonyl (C=O) groups excluding carboxylic acids is 1. The van der Waals surface area contributed by atoms with Crippen molar-refractivity contribution in [2.45, 2.75) is 19.8 Å². The van der Waals surface area contributed by atoms with Crippen LogP contribution in [0.5, 0.6) is 0 Å². The van der Waals surface area contributed by atoms with E-state index in [9.17, 15) is 4.79 Å². The van der Waals surface area contributed by atoms with Gasteiger partial charge in [0.15, 0.2) is 0 Å². The third-order valence-corrected chi connectivity index (χ3v) is 1.19. The Kier molecular flexibility index (Phi) is 7.70. The van der Waals surface area contributed by atoms with Crippen molar-refractivity contribution in [1.29, 1.82) is 0 Å². The van der Waals surface area contributed by atoms with Crippen molar-refractivity contribution in [2.24, 2.45) is 0 Å². The maximum Gasteiger partial charge on any atom is 0.330 e. The van der Waals surface area contributed by atoms with Crippen LogP contribution < -0.4 is 0 Å². The quantitative estimate of drug-likeness (QED) is 0.332. The maximum atomic E-state index is 10.5. The largest absolute Gasteiger partial charge is 0.462 e. The van der Waals surface area contributed by atoms with Gasteiger partial charge in [0.1, 0.15) is 0 Å². The standard InChI is InChI=1S/C9H16O3/c1-3-6-11-7-5-8-12-9(10)4-2/h4H,2-3,5-8H2,1H3. The molecule has 0 rings (SSSR count). The SMILES string of the molecule is C=CC(=O)OCCCOCCC. The van der Waals surface area contributed by atoms with E-state index in [-0.39, 0.29) is 5.97 Å². The second-order valence-electron chi connectivity index (χ2n) is 2.34. The predicted octanol–water partition coefficient (Wildman–Crippen LogP) is 1.53. The van der Waals surface area contributed by atoms with Gasteiger partial charge in [0, 0.05) is 25.7 Å². The second kappa shape index (κ2) is 8.27. The molecular formula is C9H16O3. The summed E-state index contributed by atoms with van der Waals surface area (Å²) in [5, 5.41) is 0. The third-order valence-electron chi connectivity index (χ3n) is 1.19. The Morgan fingerprint density at radius 1 is 1.42 bits per heavy atom. The first-order chi connectivity index (χ1) is 5.81. The van der Waals surface area contributed by atoms with Crippen molar-refractivity contribution >= 4 is 5.97 Å². The van der Waals surface area contributed by atoms with Gasteiger partial charge in [0.25, 0.3) is 0 Å². The summed E-state index contributed by atoms with van der Waals surface area (Å²) in [5.74, 6) is -0.370. The van der Waals surface area contributed by atoms with Crippen LogP contribution in [0.1, 0.15) is 19.8 Å². The molecule has 0 heterocycles. The van der Waals surface area contributed by atoms with Gasteiger partial charge in [-0.05, 0) is 6.42 Å². The van der Waals surface area contributed by atoms with Gasteiger partial charge in [-0.2, -0.15) is 0 Å². The topological polar surface area (TPSA) is 35.5 Å². The molecule has 0 atom stereocenters. The summed E-state index contributed by atoms with van der Waals surface area (Å²) in [6.45, 7) is 7.17. The number of ether oxygens (including phenoxy) is 2. The summed E-state index contributed by atoms with van der Waals surface area (Å²) in [7, 11) is 0. The van der Waals surface area contributed by atoms with E-state index >= 15 is 0 Å². The summed E-state index contributed by atoms with van der Waals surface area (Å²) >= 11 is 0. The highest BCUT2D eigenvalue weighted by Crippen LogP contribution is 1.87. The molecule has 0 amide bonds. The van der Waals surface area contributed by atoms with Crippen LogP contribution in [0.25, 0.3) is 0 Å². The molecule has 0 fully saturated rings. The molecule has 0 aromatic rings. The van der Waals surface area contributed by atoms with Gasteiger partial charge in [-0.25, -0.2) is 4.79 Å². The molecule has 0 aromatic carbocycles. The van der Waals surface area contributed by atoms with Gasteiger partial charge in [0.2, 0.25) is 0 Å². The molecular weight excluding hydrogens is 156 g/mol. The molecule has 0 radical (unpaired) electrons. The van der Waals surface area contributed by atoms with Gasteiger partial charge in [-0.15, -0.1) is 0 Å². The number of esters is 1. The first-order valence-corrected chi connectivity index (χ1v) is 4.18. The van der Waals surface area contributed by atoms with E-state index in [1.807, 2.05) is 0 Å². The van der Waals surface area contributed by atoms with Crippen LogP contribution in [0.2, 0.25) is 0 Å². The minimum Gasteiger partial charge on any atom is -0.462 e. The third kappa shape index (κ3) is 7.28. The lowest BCUT2D eigenvalue weighted by Gasteiger charge is -2.02. The van der Waals surface area contributed by atoms with Gasteiger partial charge in [-0.1, -0.05) is 13.5 Å². The average molecular weight is 172 g/mol. The van der Waals surface area contributed by atoms with E-state index in [1.165, 1.54) is 0 Å². The van der Waals surface area contributed by atoms with Crippen LogP contribution in [-0.2, 0) is 14.3 Å². The molecule has 0 aliphatic carbocycles. The Morgan fingerprint density at radius 2 is 2.17 bits per heavy atom. The zero-order valence-electron chi connectivity index (χ0n) is 7.54. The zero-order valence-corrected chi connectivity index (χ0v) is 7.54. The molecule has 0 aliphatic heterocycles. The van der Waals surface area contributed by atoms with E-state index in [0.29, 0.717) is 13.2 Å². The molecule has 0 bridgehead atoms. The number of carbonyl (C=O) groups is 1. The van der Waals surface area contributed by atoms with Gasteiger partial charge in [0.05, 0.1) is 6.61 Å². The monoisotopic (exact) mass is 172 g/mol. The van der Waals surface area contributed by atoms with E-state index in [2.05, 4.69) is 13.5 Å². The van der Waals surface area contributed by atoms with Crippen molar-refractivity contribution in [3.05, 3.63) is 12.7 Å². The van der Waals surface area contributed by atoms with Gasteiger partial charge >= 0.3 is 5.97 Å². The lowest BCUT2D eigenvalue weighted by Crippen LogP contribution is -2.05. The lowest BCUT2D eigenvalue weighted by molar-refractivity contribution is -0.138. The highest BCUT2D eigenvalue weighted by atomic mass is 16.5. The fourth-order valence-corrected chi connectivity index (χ4v) is 0.639. The molecule has 0 aliphatic rings. The van der Waals surface area contributed by atoms with Crippen LogP contribution in [0, 0.1) is 0 Å². The van der Waals surface area contributed by atoms with Crippen molar-refractivity contribution < 1.29 is 14.3 Å². The molecule has 0 N–H and O–H groups in total. The normalized spacial score (nSPS) is 9.42. The summed E-state index contributed by atoms with van der Waals surface area (Å²) < 4.78 is 9.92. The maximum absolute atomic E-state index is 10.5. The summed E-state index contributed by atoms with van der Waals surface area (Å²) in [6.07, 6.45) is 2.93. The van der Waals surface area contributed by atoms with Crippen LogP contribution in [0.4, 0.5) is 0 Å². The first kappa shape index (κ1) is 11.2. The summed E-state index contributed by atoms with van der Waals surface area (Å²) in [5.41, 5.74) is 0. The number of hydrogen-bond donors (Lipinski definition) is 0. The smallest absolute Gasteiger partial charge is 0.330 e. The zero-order chi connectivity index (χ0) is 9.23. The molecule has 0 aromatic heterocycles. The summed E-state index contributed by atoms with van der Waals surface area (Å²) in [4.78, 5) is 10.5. The molecule has 3 heteroatoms. The van der Waals surface area contributed by atoms with Crippen molar-refractivity contribution in [2.75, 3.05) is 19.8 Å². The average Bonchev–Trinajstić information content (AvgIpc) is 2.10. The Bertz CT molecular complexity index is 132. The Hall–Kier alpha value is -0.830. The minimum absolute atomic E-state index is 0.370. The van der Waals surface area contributed by atoms with E-state index in [0.717, 1.165) is 25.5 Å². The van der Waals surface area contributed by atoms with E-state index < -0.39 is 0 Å². The van der Waals surface area contributed by atoms with Crippen LogP contribution in [-0.4, -0.2) is 25.8 Å². The van der Waals surface area contributed by atoms with Crippen molar-refractivity contribution in [3.63, 3.8) is 0 Å². The van der Waals surface area contributed by atoms with E-state index in [4.69, 9.17) is 9.47 Å². The predicted molar refractivity (Wildman–Crippen MR) is 46.9 cm³/mol. The lowest BCUT2D eigenvalue weighted by atomic mass is 10.5. The Labute approximate surface area is 73.4 Å². The van der Waals surface area contributed by atoms with Crippen molar-refractivity contribution in [1.82, 2.24) is 0 Å². The molecule has 0 saturated carbocycles. The number of rotatable bonds is 7. The molecule has 0 spiro atoms.